The highest BCUT2D eigenvalue weighted by Gasteiger charge is 2.18. The van der Waals surface area contributed by atoms with Crippen molar-refractivity contribution in [1.29, 1.82) is 0 Å². The van der Waals surface area contributed by atoms with Crippen molar-refractivity contribution in [1.82, 2.24) is 14.5 Å². The Balaban J connectivity index is 1.75. The van der Waals surface area contributed by atoms with Crippen molar-refractivity contribution in [2.45, 2.75) is 13.3 Å². The number of aromatic nitrogens is 3. The molecule has 4 aromatic rings. The lowest BCUT2D eigenvalue weighted by molar-refractivity contribution is 0.262. The van der Waals surface area contributed by atoms with Crippen LogP contribution in [0.4, 0.5) is 35.2 Å². The standard InChI is InChI=1S/C23H19F3N6O2/c1-3-15-16-5-21(27-2)29-8-12(16)11-32(22(15)33)20-7-19(17(25)6-18(20)26)31-23(34)30-14-4-13(24)9-28-10-14/h4-11,27H,3H2,1-2H3,(H2,30,31,34). The number of nitrogens with zero attached hydrogens (tertiary/aromatic N) is 3. The number of pyridine rings is 3. The van der Waals surface area contributed by atoms with Gasteiger partial charge in [0.2, 0.25) is 0 Å². The summed E-state index contributed by atoms with van der Waals surface area (Å²) in [4.78, 5) is 33.3. The fraction of sp³-hybridized carbons (Fsp3) is 0.130. The molecule has 3 heterocycles. The Hall–Kier alpha value is -4.41. The maximum Gasteiger partial charge on any atom is 0.323 e. The van der Waals surface area contributed by atoms with Gasteiger partial charge in [-0.05, 0) is 23.9 Å². The molecule has 0 radical (unpaired) electrons. The fourth-order valence-electron chi connectivity index (χ4n) is 3.53. The number of rotatable bonds is 5. The summed E-state index contributed by atoms with van der Waals surface area (Å²) in [5.74, 6) is -2.16. The first-order valence-corrected chi connectivity index (χ1v) is 10.2. The first-order chi connectivity index (χ1) is 16.3. The van der Waals surface area contributed by atoms with Gasteiger partial charge in [0, 0.05) is 42.5 Å². The van der Waals surface area contributed by atoms with Crippen LogP contribution in [0.3, 0.4) is 0 Å². The molecule has 4 rings (SSSR count). The molecule has 0 aliphatic carbocycles. The van der Waals surface area contributed by atoms with Crippen molar-refractivity contribution in [2.24, 2.45) is 0 Å². The van der Waals surface area contributed by atoms with Crippen LogP contribution in [0.1, 0.15) is 12.5 Å². The van der Waals surface area contributed by atoms with E-state index in [2.05, 4.69) is 25.9 Å². The van der Waals surface area contributed by atoms with Gasteiger partial charge in [0.1, 0.15) is 23.3 Å². The van der Waals surface area contributed by atoms with E-state index in [9.17, 15) is 22.8 Å². The second kappa shape index (κ2) is 9.22. The van der Waals surface area contributed by atoms with E-state index in [1.807, 2.05) is 0 Å². The molecule has 0 unspecified atom stereocenters. The molecule has 0 spiro atoms. The van der Waals surface area contributed by atoms with Crippen LogP contribution in [-0.2, 0) is 6.42 Å². The molecule has 174 valence electrons. The predicted octanol–water partition coefficient (Wildman–Crippen LogP) is 4.45. The topological polar surface area (TPSA) is 101 Å². The number of carbonyl (C=O) groups is 1. The molecule has 2 amide bonds. The molecular formula is C23H19F3N6O2. The summed E-state index contributed by atoms with van der Waals surface area (Å²) >= 11 is 0. The Morgan fingerprint density at radius 2 is 1.82 bits per heavy atom. The van der Waals surface area contributed by atoms with Gasteiger partial charge in [0.15, 0.2) is 0 Å². The minimum atomic E-state index is -1.06. The second-order valence-corrected chi connectivity index (χ2v) is 7.30. The summed E-state index contributed by atoms with van der Waals surface area (Å²) in [6.45, 7) is 1.79. The molecule has 11 heteroatoms. The third-order valence-electron chi connectivity index (χ3n) is 5.12. The van der Waals surface area contributed by atoms with Gasteiger partial charge in [-0.25, -0.2) is 22.9 Å². The van der Waals surface area contributed by atoms with Crippen molar-refractivity contribution < 1.29 is 18.0 Å². The number of urea groups is 1. The van der Waals surface area contributed by atoms with E-state index in [1.165, 1.54) is 18.6 Å². The third kappa shape index (κ3) is 4.40. The largest absolute Gasteiger partial charge is 0.373 e. The highest BCUT2D eigenvalue weighted by atomic mass is 19.1. The number of hydrogen-bond donors (Lipinski definition) is 3. The van der Waals surface area contributed by atoms with Gasteiger partial charge in [0.25, 0.3) is 5.56 Å². The molecule has 1 aromatic carbocycles. The number of nitrogens with one attached hydrogen (secondary N) is 3. The van der Waals surface area contributed by atoms with Crippen LogP contribution in [0.25, 0.3) is 16.5 Å². The van der Waals surface area contributed by atoms with Crippen LogP contribution < -0.4 is 21.5 Å². The van der Waals surface area contributed by atoms with E-state index in [1.54, 1.807) is 20.0 Å². The van der Waals surface area contributed by atoms with Crippen LogP contribution in [0.15, 0.2) is 53.8 Å². The lowest BCUT2D eigenvalue weighted by Crippen LogP contribution is -2.24. The Morgan fingerprint density at radius 1 is 1.03 bits per heavy atom. The minimum absolute atomic E-state index is 0.0343. The van der Waals surface area contributed by atoms with E-state index in [-0.39, 0.29) is 17.1 Å². The third-order valence-corrected chi connectivity index (χ3v) is 5.12. The van der Waals surface area contributed by atoms with E-state index < -0.39 is 29.0 Å². The normalized spacial score (nSPS) is 10.9. The number of halogens is 3. The fourth-order valence-corrected chi connectivity index (χ4v) is 3.53. The van der Waals surface area contributed by atoms with Crippen molar-refractivity contribution >= 4 is 34.0 Å². The number of hydrogen-bond acceptors (Lipinski definition) is 5. The monoisotopic (exact) mass is 468 g/mol. The molecular weight excluding hydrogens is 449 g/mol. The summed E-state index contributed by atoms with van der Waals surface area (Å²) in [6, 6.07) is 3.41. The Kier molecular flexibility index (Phi) is 6.17. The molecule has 0 fully saturated rings. The van der Waals surface area contributed by atoms with Gasteiger partial charge in [0.05, 0.1) is 29.5 Å². The predicted molar refractivity (Wildman–Crippen MR) is 123 cm³/mol. The SMILES string of the molecule is CCc1c(=O)n(-c2cc(NC(=O)Nc3cncc(F)c3)c(F)cc2F)cc2cnc(NC)cc12. The molecule has 0 atom stereocenters. The van der Waals surface area contributed by atoms with Gasteiger partial charge >= 0.3 is 6.03 Å². The summed E-state index contributed by atoms with van der Waals surface area (Å²) in [5.41, 5.74) is -0.677. The zero-order valence-corrected chi connectivity index (χ0v) is 18.1. The highest BCUT2D eigenvalue weighted by Crippen LogP contribution is 2.25. The van der Waals surface area contributed by atoms with Crippen LogP contribution in [0.2, 0.25) is 0 Å². The lowest BCUT2D eigenvalue weighted by atomic mass is 10.1. The maximum atomic E-state index is 14.8. The Morgan fingerprint density at radius 3 is 2.53 bits per heavy atom. The van der Waals surface area contributed by atoms with E-state index in [0.29, 0.717) is 34.6 Å². The van der Waals surface area contributed by atoms with Crippen molar-refractivity contribution in [3.8, 4) is 5.69 Å². The van der Waals surface area contributed by atoms with Gasteiger partial charge in [-0.2, -0.15) is 0 Å². The smallest absolute Gasteiger partial charge is 0.323 e. The molecule has 0 saturated heterocycles. The zero-order chi connectivity index (χ0) is 24.4. The number of anilines is 3. The van der Waals surface area contributed by atoms with Gasteiger partial charge < -0.3 is 16.0 Å². The van der Waals surface area contributed by atoms with Crippen LogP contribution in [0.5, 0.6) is 0 Å². The Bertz CT molecular complexity index is 1470. The van der Waals surface area contributed by atoms with Gasteiger partial charge in [-0.15, -0.1) is 0 Å². The van der Waals surface area contributed by atoms with E-state index in [4.69, 9.17) is 0 Å². The summed E-state index contributed by atoms with van der Waals surface area (Å²) < 4.78 is 43.5. The molecule has 0 bridgehead atoms. The van der Waals surface area contributed by atoms with Crippen LogP contribution >= 0.6 is 0 Å². The van der Waals surface area contributed by atoms with Crippen molar-refractivity contribution in [3.05, 3.63) is 82.4 Å². The highest BCUT2D eigenvalue weighted by molar-refractivity contribution is 6.00. The van der Waals surface area contributed by atoms with Crippen molar-refractivity contribution in [2.75, 3.05) is 23.0 Å². The molecule has 0 aliphatic rings. The van der Waals surface area contributed by atoms with Gasteiger partial charge in [-0.3, -0.25) is 14.3 Å². The number of fused-ring (bicyclic) bond motifs is 1. The summed E-state index contributed by atoms with van der Waals surface area (Å²) in [5, 5.41) is 8.68. The van der Waals surface area contributed by atoms with Crippen molar-refractivity contribution in [3.63, 3.8) is 0 Å². The Labute approximate surface area is 191 Å². The van der Waals surface area contributed by atoms with Gasteiger partial charge in [-0.1, -0.05) is 6.92 Å². The quantitative estimate of drug-likeness (QED) is 0.402. The first kappa shape index (κ1) is 22.8. The molecule has 3 aromatic heterocycles. The molecule has 3 N–H and O–H groups in total. The average molecular weight is 468 g/mol. The first-order valence-electron chi connectivity index (χ1n) is 10.2. The number of benzene rings is 1. The van der Waals surface area contributed by atoms with E-state index in [0.717, 1.165) is 22.9 Å². The molecule has 0 saturated carbocycles. The summed E-state index contributed by atoms with van der Waals surface area (Å²) in [6.07, 6.45) is 5.46. The minimum Gasteiger partial charge on any atom is -0.373 e. The average Bonchev–Trinajstić information content (AvgIpc) is 2.80. The maximum absolute atomic E-state index is 14.8. The number of amides is 2. The lowest BCUT2D eigenvalue weighted by Gasteiger charge is -2.15. The molecule has 34 heavy (non-hydrogen) atoms. The second-order valence-electron chi connectivity index (χ2n) is 7.30. The molecule has 8 nitrogen and oxygen atoms in total. The van der Waals surface area contributed by atoms with Crippen LogP contribution in [-0.4, -0.2) is 27.6 Å². The summed E-state index contributed by atoms with van der Waals surface area (Å²) in [7, 11) is 1.70. The zero-order valence-electron chi connectivity index (χ0n) is 18.1. The van der Waals surface area contributed by atoms with Crippen LogP contribution in [0, 0.1) is 17.5 Å². The molecule has 0 aliphatic heterocycles. The number of aryl methyl sites for hydroxylation is 1. The van der Waals surface area contributed by atoms with E-state index >= 15 is 0 Å². The number of carbonyl (C=O) groups excluding carboxylic acids is 1.